The lowest BCUT2D eigenvalue weighted by Gasteiger charge is -2.22. The van der Waals surface area contributed by atoms with E-state index < -0.39 is 0 Å². The average molecular weight is 245 g/mol. The zero-order valence-electron chi connectivity index (χ0n) is 10.5. The summed E-state index contributed by atoms with van der Waals surface area (Å²) in [6, 6.07) is 10.0. The second-order valence-electron chi connectivity index (χ2n) is 4.24. The second kappa shape index (κ2) is 5.14. The summed E-state index contributed by atoms with van der Waals surface area (Å²) in [4.78, 5) is 6.25. The van der Waals surface area contributed by atoms with E-state index in [1.54, 1.807) is 18.3 Å². The number of halogens is 1. The van der Waals surface area contributed by atoms with E-state index in [2.05, 4.69) is 4.98 Å². The van der Waals surface area contributed by atoms with Crippen molar-refractivity contribution in [2.75, 3.05) is 11.9 Å². The highest BCUT2D eigenvalue weighted by Crippen LogP contribution is 2.27. The Morgan fingerprint density at radius 3 is 2.50 bits per heavy atom. The van der Waals surface area contributed by atoms with Gasteiger partial charge in [-0.25, -0.2) is 9.37 Å². The van der Waals surface area contributed by atoms with E-state index in [-0.39, 0.29) is 11.9 Å². The van der Waals surface area contributed by atoms with Crippen molar-refractivity contribution in [2.24, 2.45) is 5.73 Å². The number of rotatable bonds is 3. The van der Waals surface area contributed by atoms with E-state index in [4.69, 9.17) is 5.73 Å². The van der Waals surface area contributed by atoms with Crippen LogP contribution in [0.5, 0.6) is 0 Å². The highest BCUT2D eigenvalue weighted by Gasteiger charge is 2.12. The van der Waals surface area contributed by atoms with Gasteiger partial charge in [0, 0.05) is 30.5 Å². The molecule has 0 fully saturated rings. The number of pyridine rings is 1. The normalized spacial score (nSPS) is 12.2. The predicted octanol–water partition coefficient (Wildman–Crippen LogP) is 3.01. The molecule has 2 rings (SSSR count). The van der Waals surface area contributed by atoms with Crippen LogP contribution < -0.4 is 10.6 Å². The SMILES string of the molecule is CC(N)c1cccnc1N(C)c1ccc(F)cc1. The molecule has 0 saturated heterocycles. The van der Waals surface area contributed by atoms with Gasteiger partial charge in [0.15, 0.2) is 0 Å². The van der Waals surface area contributed by atoms with Crippen LogP contribution in [0, 0.1) is 5.82 Å². The van der Waals surface area contributed by atoms with Crippen molar-refractivity contribution in [3.63, 3.8) is 0 Å². The van der Waals surface area contributed by atoms with Crippen LogP contribution in [0.4, 0.5) is 15.9 Å². The highest BCUT2D eigenvalue weighted by molar-refractivity contribution is 5.62. The van der Waals surface area contributed by atoms with Crippen LogP contribution in [-0.2, 0) is 0 Å². The molecule has 94 valence electrons. The summed E-state index contributed by atoms with van der Waals surface area (Å²) >= 11 is 0. The van der Waals surface area contributed by atoms with E-state index in [1.807, 2.05) is 31.0 Å². The molecule has 0 aliphatic rings. The number of nitrogens with two attached hydrogens (primary N) is 1. The summed E-state index contributed by atoms with van der Waals surface area (Å²) in [6.07, 6.45) is 1.72. The van der Waals surface area contributed by atoms with Gasteiger partial charge in [0.05, 0.1) is 0 Å². The van der Waals surface area contributed by atoms with E-state index >= 15 is 0 Å². The van der Waals surface area contributed by atoms with Crippen LogP contribution in [0.1, 0.15) is 18.5 Å². The number of nitrogens with zero attached hydrogens (tertiary/aromatic N) is 2. The molecule has 2 N–H and O–H groups in total. The van der Waals surface area contributed by atoms with Gasteiger partial charge in [-0.15, -0.1) is 0 Å². The second-order valence-corrected chi connectivity index (χ2v) is 4.24. The lowest BCUT2D eigenvalue weighted by molar-refractivity contribution is 0.628. The molecule has 0 aliphatic carbocycles. The molecule has 2 aromatic rings. The summed E-state index contributed by atoms with van der Waals surface area (Å²) < 4.78 is 12.9. The molecule has 0 spiro atoms. The smallest absolute Gasteiger partial charge is 0.137 e. The Labute approximate surface area is 106 Å². The molecular weight excluding hydrogens is 229 g/mol. The zero-order chi connectivity index (χ0) is 13.1. The minimum absolute atomic E-state index is 0.100. The fourth-order valence-corrected chi connectivity index (χ4v) is 1.83. The van der Waals surface area contributed by atoms with Gasteiger partial charge in [0.2, 0.25) is 0 Å². The summed E-state index contributed by atoms with van der Waals surface area (Å²) in [7, 11) is 1.89. The summed E-state index contributed by atoms with van der Waals surface area (Å²) in [5.41, 5.74) is 7.76. The van der Waals surface area contributed by atoms with Crippen molar-refractivity contribution in [3.05, 3.63) is 54.0 Å². The largest absolute Gasteiger partial charge is 0.329 e. The molecule has 18 heavy (non-hydrogen) atoms. The van der Waals surface area contributed by atoms with Crippen molar-refractivity contribution in [2.45, 2.75) is 13.0 Å². The van der Waals surface area contributed by atoms with E-state index in [0.29, 0.717) is 0 Å². The molecule has 3 nitrogen and oxygen atoms in total. The Morgan fingerprint density at radius 2 is 1.89 bits per heavy atom. The molecule has 1 atom stereocenters. The maximum absolute atomic E-state index is 12.9. The van der Waals surface area contributed by atoms with E-state index in [0.717, 1.165) is 17.1 Å². The standard InChI is InChI=1S/C14H16FN3/c1-10(16)13-4-3-9-17-14(13)18(2)12-7-5-11(15)6-8-12/h3-10H,16H2,1-2H3. The highest BCUT2D eigenvalue weighted by atomic mass is 19.1. The molecule has 1 aromatic heterocycles. The van der Waals surface area contributed by atoms with E-state index in [1.165, 1.54) is 12.1 Å². The zero-order valence-corrected chi connectivity index (χ0v) is 10.5. The average Bonchev–Trinajstić information content (AvgIpc) is 2.39. The molecular formula is C14H16FN3. The summed E-state index contributed by atoms with van der Waals surface area (Å²) in [5, 5.41) is 0. The lowest BCUT2D eigenvalue weighted by Crippen LogP contribution is -2.17. The number of anilines is 2. The first-order valence-electron chi connectivity index (χ1n) is 5.79. The summed E-state index contributed by atoms with van der Waals surface area (Å²) in [6.45, 7) is 1.92. The van der Waals surface area contributed by atoms with Gasteiger partial charge in [-0.05, 0) is 37.3 Å². The molecule has 0 amide bonds. The van der Waals surface area contributed by atoms with Crippen LogP contribution in [0.15, 0.2) is 42.6 Å². The number of hydrogen-bond acceptors (Lipinski definition) is 3. The Kier molecular flexibility index (Phi) is 3.58. The Morgan fingerprint density at radius 1 is 1.22 bits per heavy atom. The molecule has 0 bridgehead atoms. The molecule has 0 radical (unpaired) electrons. The van der Waals surface area contributed by atoms with Crippen LogP contribution >= 0.6 is 0 Å². The number of benzene rings is 1. The maximum Gasteiger partial charge on any atom is 0.137 e. The number of hydrogen-bond donors (Lipinski definition) is 1. The monoisotopic (exact) mass is 245 g/mol. The van der Waals surface area contributed by atoms with Gasteiger partial charge < -0.3 is 10.6 Å². The van der Waals surface area contributed by atoms with Crippen molar-refractivity contribution >= 4 is 11.5 Å². The predicted molar refractivity (Wildman–Crippen MR) is 71.3 cm³/mol. The third-order valence-electron chi connectivity index (χ3n) is 2.84. The van der Waals surface area contributed by atoms with Gasteiger partial charge in [0.1, 0.15) is 11.6 Å². The Hall–Kier alpha value is -1.94. The lowest BCUT2D eigenvalue weighted by atomic mass is 10.1. The van der Waals surface area contributed by atoms with Crippen molar-refractivity contribution in [3.8, 4) is 0 Å². The molecule has 0 aliphatic heterocycles. The first-order chi connectivity index (χ1) is 8.59. The van der Waals surface area contributed by atoms with Gasteiger partial charge in [-0.2, -0.15) is 0 Å². The quantitative estimate of drug-likeness (QED) is 0.903. The third-order valence-corrected chi connectivity index (χ3v) is 2.84. The third kappa shape index (κ3) is 2.49. The molecule has 0 saturated carbocycles. The maximum atomic E-state index is 12.9. The van der Waals surface area contributed by atoms with Crippen LogP contribution in [0.25, 0.3) is 0 Å². The van der Waals surface area contributed by atoms with Crippen molar-refractivity contribution in [1.29, 1.82) is 0 Å². The molecule has 1 unspecified atom stereocenters. The minimum Gasteiger partial charge on any atom is -0.329 e. The minimum atomic E-state index is -0.249. The van der Waals surface area contributed by atoms with Gasteiger partial charge in [-0.3, -0.25) is 0 Å². The van der Waals surface area contributed by atoms with Crippen molar-refractivity contribution < 1.29 is 4.39 Å². The van der Waals surface area contributed by atoms with Gasteiger partial charge >= 0.3 is 0 Å². The fraction of sp³-hybridized carbons (Fsp3) is 0.214. The molecule has 4 heteroatoms. The molecule has 1 heterocycles. The Bertz CT molecular complexity index is 523. The fourth-order valence-electron chi connectivity index (χ4n) is 1.83. The van der Waals surface area contributed by atoms with E-state index in [9.17, 15) is 4.39 Å². The van der Waals surface area contributed by atoms with Crippen LogP contribution in [0.2, 0.25) is 0 Å². The number of aromatic nitrogens is 1. The summed E-state index contributed by atoms with van der Waals surface area (Å²) in [5.74, 6) is 0.541. The molecule has 1 aromatic carbocycles. The first kappa shape index (κ1) is 12.5. The van der Waals surface area contributed by atoms with Gasteiger partial charge in [0.25, 0.3) is 0 Å². The van der Waals surface area contributed by atoms with Crippen LogP contribution in [0.3, 0.4) is 0 Å². The van der Waals surface area contributed by atoms with Gasteiger partial charge in [-0.1, -0.05) is 6.07 Å². The Balaban J connectivity index is 2.39. The topological polar surface area (TPSA) is 42.1 Å². The van der Waals surface area contributed by atoms with Crippen molar-refractivity contribution in [1.82, 2.24) is 4.98 Å². The first-order valence-corrected chi connectivity index (χ1v) is 5.79. The van der Waals surface area contributed by atoms with Crippen LogP contribution in [-0.4, -0.2) is 12.0 Å².